The highest BCUT2D eigenvalue weighted by molar-refractivity contribution is 7.12. The summed E-state index contributed by atoms with van der Waals surface area (Å²) in [5.41, 5.74) is 0. The van der Waals surface area contributed by atoms with Crippen LogP contribution in [0.3, 0.4) is 0 Å². The first-order valence-electron chi connectivity index (χ1n) is 7.14. The molecular weight excluding hydrogens is 242 g/mol. The second-order valence-electron chi connectivity index (χ2n) is 5.41. The van der Waals surface area contributed by atoms with Gasteiger partial charge in [0.25, 0.3) is 0 Å². The fourth-order valence-corrected chi connectivity index (χ4v) is 3.59. The van der Waals surface area contributed by atoms with Crippen molar-refractivity contribution in [1.29, 1.82) is 0 Å². The maximum absolute atomic E-state index is 6.04. The summed E-state index contributed by atoms with van der Waals surface area (Å²) < 4.78 is 6.04. The third kappa shape index (κ3) is 3.56. The summed E-state index contributed by atoms with van der Waals surface area (Å²) in [6.07, 6.45) is 3.93. The maximum Gasteiger partial charge on any atom is 0.0956 e. The van der Waals surface area contributed by atoms with E-state index in [0.717, 1.165) is 19.6 Å². The third-order valence-electron chi connectivity index (χ3n) is 3.54. The molecule has 1 fully saturated rings. The third-order valence-corrected chi connectivity index (χ3v) is 4.84. The lowest BCUT2D eigenvalue weighted by Gasteiger charge is -2.32. The van der Waals surface area contributed by atoms with Crippen molar-refractivity contribution in [3.63, 3.8) is 0 Å². The van der Waals surface area contributed by atoms with Crippen LogP contribution in [0.4, 0.5) is 0 Å². The first-order valence-corrected chi connectivity index (χ1v) is 7.96. The van der Waals surface area contributed by atoms with Gasteiger partial charge in [-0.3, -0.25) is 0 Å². The molecule has 0 aliphatic carbocycles. The summed E-state index contributed by atoms with van der Waals surface area (Å²) >= 11 is 1.92. The molecule has 2 rings (SSSR count). The minimum absolute atomic E-state index is 0.315. The molecule has 0 radical (unpaired) electrons. The summed E-state index contributed by atoms with van der Waals surface area (Å²) in [5.74, 6) is 0.629. The normalized spacial score (nSPS) is 24.7. The smallest absolute Gasteiger partial charge is 0.0956 e. The number of rotatable bonds is 5. The van der Waals surface area contributed by atoms with E-state index in [4.69, 9.17) is 4.74 Å². The maximum atomic E-state index is 6.04. The van der Waals surface area contributed by atoms with Crippen LogP contribution in [-0.2, 0) is 11.2 Å². The summed E-state index contributed by atoms with van der Waals surface area (Å²) in [4.78, 5) is 2.89. The molecule has 2 unspecified atom stereocenters. The minimum atomic E-state index is 0.315. The Hall–Kier alpha value is -0.380. The highest BCUT2D eigenvalue weighted by atomic mass is 32.1. The van der Waals surface area contributed by atoms with Crippen molar-refractivity contribution in [3.05, 3.63) is 21.9 Å². The first-order chi connectivity index (χ1) is 8.70. The molecular formula is C15H25NOS. The molecule has 0 spiro atoms. The van der Waals surface area contributed by atoms with Gasteiger partial charge in [-0.1, -0.05) is 20.8 Å². The highest BCUT2D eigenvalue weighted by Gasteiger charge is 2.28. The number of aryl methyl sites for hydroxylation is 1. The van der Waals surface area contributed by atoms with Gasteiger partial charge in [-0.2, -0.15) is 0 Å². The molecule has 2 heterocycles. The van der Waals surface area contributed by atoms with Crippen LogP contribution in [0.1, 0.15) is 49.5 Å². The van der Waals surface area contributed by atoms with E-state index in [2.05, 4.69) is 38.2 Å². The van der Waals surface area contributed by atoms with Gasteiger partial charge in [-0.05, 0) is 31.4 Å². The molecule has 18 heavy (non-hydrogen) atoms. The Balaban J connectivity index is 2.02. The van der Waals surface area contributed by atoms with Crippen LogP contribution in [0.2, 0.25) is 0 Å². The van der Waals surface area contributed by atoms with Crippen molar-refractivity contribution in [3.8, 4) is 0 Å². The summed E-state index contributed by atoms with van der Waals surface area (Å²) in [5, 5.41) is 3.56. The average Bonchev–Trinajstić information content (AvgIpc) is 2.85. The van der Waals surface area contributed by atoms with Gasteiger partial charge in [0.2, 0.25) is 0 Å². The Morgan fingerprint density at radius 1 is 1.44 bits per heavy atom. The molecule has 2 atom stereocenters. The number of thiophene rings is 1. The van der Waals surface area contributed by atoms with E-state index in [-0.39, 0.29) is 0 Å². The average molecular weight is 267 g/mol. The van der Waals surface area contributed by atoms with Gasteiger partial charge in [0, 0.05) is 34.9 Å². The van der Waals surface area contributed by atoms with Crippen LogP contribution in [0.25, 0.3) is 0 Å². The second-order valence-corrected chi connectivity index (χ2v) is 6.61. The Kier molecular flexibility index (Phi) is 5.22. The SMILES string of the molecule is CCc1ccc(C2OCCCC2CNC(C)C)s1. The van der Waals surface area contributed by atoms with Crippen molar-refractivity contribution in [2.75, 3.05) is 13.2 Å². The van der Waals surface area contributed by atoms with Crippen LogP contribution < -0.4 is 5.32 Å². The zero-order valence-electron chi connectivity index (χ0n) is 11.7. The van der Waals surface area contributed by atoms with E-state index in [9.17, 15) is 0 Å². The molecule has 0 bridgehead atoms. The largest absolute Gasteiger partial charge is 0.372 e. The standard InChI is InChI=1S/C15H25NOS/c1-4-13-7-8-14(18-13)15-12(6-5-9-17-15)10-16-11(2)3/h7-8,11-12,15-16H,4-6,9-10H2,1-3H3. The van der Waals surface area contributed by atoms with Crippen LogP contribution >= 0.6 is 11.3 Å². The molecule has 1 N–H and O–H groups in total. The Morgan fingerprint density at radius 3 is 2.94 bits per heavy atom. The van der Waals surface area contributed by atoms with Crippen molar-refractivity contribution in [1.82, 2.24) is 5.32 Å². The van der Waals surface area contributed by atoms with Gasteiger partial charge in [-0.25, -0.2) is 0 Å². The van der Waals surface area contributed by atoms with E-state index < -0.39 is 0 Å². The number of nitrogens with one attached hydrogen (secondary N) is 1. The molecule has 0 amide bonds. The number of hydrogen-bond donors (Lipinski definition) is 1. The molecule has 0 aromatic carbocycles. The van der Waals surface area contributed by atoms with E-state index in [1.165, 1.54) is 22.6 Å². The molecule has 0 saturated carbocycles. The summed E-state index contributed by atoms with van der Waals surface area (Å²) in [6, 6.07) is 5.08. The van der Waals surface area contributed by atoms with Crippen molar-refractivity contribution < 1.29 is 4.74 Å². The van der Waals surface area contributed by atoms with Gasteiger partial charge < -0.3 is 10.1 Å². The van der Waals surface area contributed by atoms with Gasteiger partial charge in [-0.15, -0.1) is 11.3 Å². The van der Waals surface area contributed by atoms with Crippen LogP contribution in [-0.4, -0.2) is 19.2 Å². The molecule has 1 aliphatic heterocycles. The van der Waals surface area contributed by atoms with E-state index in [1.807, 2.05) is 11.3 Å². The summed E-state index contributed by atoms with van der Waals surface area (Å²) in [6.45, 7) is 8.62. The van der Waals surface area contributed by atoms with Crippen molar-refractivity contribution >= 4 is 11.3 Å². The van der Waals surface area contributed by atoms with Crippen LogP contribution in [0.15, 0.2) is 12.1 Å². The topological polar surface area (TPSA) is 21.3 Å². The predicted octanol–water partition coefficient (Wildman–Crippen LogP) is 3.78. The number of hydrogen-bond acceptors (Lipinski definition) is 3. The van der Waals surface area contributed by atoms with Crippen molar-refractivity contribution in [2.24, 2.45) is 5.92 Å². The fraction of sp³-hybridized carbons (Fsp3) is 0.733. The Bertz CT molecular complexity index is 361. The van der Waals surface area contributed by atoms with Gasteiger partial charge in [0.05, 0.1) is 6.10 Å². The van der Waals surface area contributed by atoms with E-state index >= 15 is 0 Å². The fourth-order valence-electron chi connectivity index (χ4n) is 2.49. The zero-order valence-corrected chi connectivity index (χ0v) is 12.6. The second kappa shape index (κ2) is 6.69. The highest BCUT2D eigenvalue weighted by Crippen LogP contribution is 2.36. The minimum Gasteiger partial charge on any atom is -0.372 e. The van der Waals surface area contributed by atoms with Crippen LogP contribution in [0, 0.1) is 5.92 Å². The number of ether oxygens (including phenoxy) is 1. The van der Waals surface area contributed by atoms with Gasteiger partial charge >= 0.3 is 0 Å². The van der Waals surface area contributed by atoms with E-state index in [1.54, 1.807) is 0 Å². The van der Waals surface area contributed by atoms with Gasteiger partial charge in [0.1, 0.15) is 0 Å². The molecule has 1 saturated heterocycles. The quantitative estimate of drug-likeness (QED) is 0.876. The van der Waals surface area contributed by atoms with Crippen LogP contribution in [0.5, 0.6) is 0 Å². The zero-order chi connectivity index (χ0) is 13.0. The first kappa shape index (κ1) is 14.0. The monoisotopic (exact) mass is 267 g/mol. The van der Waals surface area contributed by atoms with Gasteiger partial charge in [0.15, 0.2) is 0 Å². The Morgan fingerprint density at radius 2 is 2.28 bits per heavy atom. The molecule has 1 aromatic rings. The van der Waals surface area contributed by atoms with Crippen molar-refractivity contribution in [2.45, 2.75) is 52.2 Å². The molecule has 3 heteroatoms. The molecule has 2 nitrogen and oxygen atoms in total. The predicted molar refractivity (Wildman–Crippen MR) is 78.3 cm³/mol. The lowest BCUT2D eigenvalue weighted by atomic mass is 9.93. The molecule has 102 valence electrons. The summed E-state index contributed by atoms with van der Waals surface area (Å²) in [7, 11) is 0. The van der Waals surface area contributed by atoms with E-state index in [0.29, 0.717) is 18.1 Å². The lowest BCUT2D eigenvalue weighted by Crippen LogP contribution is -2.34. The lowest BCUT2D eigenvalue weighted by molar-refractivity contribution is -0.0260. The molecule has 1 aliphatic rings. The Labute approximate surface area is 115 Å². The molecule has 1 aromatic heterocycles.